The first kappa shape index (κ1) is 15.0. The zero-order chi connectivity index (χ0) is 15.2. The summed E-state index contributed by atoms with van der Waals surface area (Å²) in [6, 6.07) is 8.78. The highest BCUT2D eigenvalue weighted by atomic mass is 16.3. The normalized spacial score (nSPS) is 10.6. The summed E-state index contributed by atoms with van der Waals surface area (Å²) >= 11 is 0. The van der Waals surface area contributed by atoms with Crippen molar-refractivity contribution in [3.63, 3.8) is 0 Å². The topological polar surface area (TPSA) is 105 Å². The fourth-order valence-corrected chi connectivity index (χ4v) is 1.99. The lowest BCUT2D eigenvalue weighted by Crippen LogP contribution is -2.36. The van der Waals surface area contributed by atoms with Crippen LogP contribution in [0, 0.1) is 0 Å². The lowest BCUT2D eigenvalue weighted by molar-refractivity contribution is 0.0678. The molecule has 21 heavy (non-hydrogen) atoms. The molecule has 0 bridgehead atoms. The molecule has 7 nitrogen and oxygen atoms in total. The molecule has 0 radical (unpaired) electrons. The van der Waals surface area contributed by atoms with Crippen LogP contribution >= 0.6 is 0 Å². The van der Waals surface area contributed by atoms with Crippen LogP contribution in [0.5, 0.6) is 0 Å². The van der Waals surface area contributed by atoms with Crippen molar-refractivity contribution in [1.82, 2.24) is 14.7 Å². The molecule has 1 aromatic heterocycles. The molecule has 1 aromatic carbocycles. The molecule has 112 valence electrons. The van der Waals surface area contributed by atoms with Crippen LogP contribution < -0.4 is 5.73 Å². The molecular weight excluding hydrogens is 272 g/mol. The number of hydrogen-bond donors (Lipinski definition) is 3. The molecule has 1 amide bonds. The van der Waals surface area contributed by atoms with Crippen LogP contribution in [0.2, 0.25) is 0 Å². The van der Waals surface area contributed by atoms with E-state index in [2.05, 4.69) is 5.10 Å². The Bertz CT molecular complexity index is 606. The molecule has 2 rings (SSSR count). The third-order valence-electron chi connectivity index (χ3n) is 3.02. The third-order valence-corrected chi connectivity index (χ3v) is 3.02. The van der Waals surface area contributed by atoms with Gasteiger partial charge in [0, 0.05) is 19.3 Å². The molecule has 0 fully saturated rings. The maximum absolute atomic E-state index is 12.3. The second kappa shape index (κ2) is 6.87. The number of aliphatic hydroxyl groups excluding tert-OH is 2. The molecule has 0 saturated heterocycles. The molecule has 0 spiro atoms. The first-order chi connectivity index (χ1) is 10.2. The fourth-order valence-electron chi connectivity index (χ4n) is 1.99. The van der Waals surface area contributed by atoms with E-state index in [9.17, 15) is 4.79 Å². The van der Waals surface area contributed by atoms with Gasteiger partial charge >= 0.3 is 0 Å². The van der Waals surface area contributed by atoms with Crippen LogP contribution in [0.1, 0.15) is 10.5 Å². The fraction of sp³-hybridized carbons (Fsp3) is 0.286. The number of aromatic nitrogens is 2. The lowest BCUT2D eigenvalue weighted by atomic mass is 10.3. The average Bonchev–Trinajstić information content (AvgIpc) is 2.96. The summed E-state index contributed by atoms with van der Waals surface area (Å²) in [6.07, 6.45) is 1.65. The van der Waals surface area contributed by atoms with Gasteiger partial charge in [-0.25, -0.2) is 4.68 Å². The minimum atomic E-state index is -0.341. The first-order valence-corrected chi connectivity index (χ1v) is 6.59. The summed E-state index contributed by atoms with van der Waals surface area (Å²) in [5, 5.41) is 22.1. The number of para-hydroxylation sites is 2. The number of nitrogen functional groups attached to an aromatic ring is 1. The van der Waals surface area contributed by atoms with Crippen molar-refractivity contribution in [2.45, 2.75) is 0 Å². The van der Waals surface area contributed by atoms with E-state index in [4.69, 9.17) is 15.9 Å². The SMILES string of the molecule is Nc1ccccc1-n1ccc(C(=O)N(CCO)CCO)n1. The van der Waals surface area contributed by atoms with Crippen LogP contribution in [0.3, 0.4) is 0 Å². The summed E-state index contributed by atoms with van der Waals surface area (Å²) in [6.45, 7) is -0.0321. The summed E-state index contributed by atoms with van der Waals surface area (Å²) in [7, 11) is 0. The Morgan fingerprint density at radius 1 is 1.19 bits per heavy atom. The predicted molar refractivity (Wildman–Crippen MR) is 78.1 cm³/mol. The van der Waals surface area contributed by atoms with Gasteiger partial charge in [0.2, 0.25) is 0 Å². The van der Waals surface area contributed by atoms with Crippen molar-refractivity contribution in [2.75, 3.05) is 32.0 Å². The maximum atomic E-state index is 12.3. The van der Waals surface area contributed by atoms with E-state index in [-0.39, 0.29) is 37.9 Å². The van der Waals surface area contributed by atoms with Crippen LogP contribution in [0.4, 0.5) is 5.69 Å². The van der Waals surface area contributed by atoms with E-state index < -0.39 is 0 Å². The molecular formula is C14H18N4O3. The Balaban J connectivity index is 2.23. The van der Waals surface area contributed by atoms with Gasteiger partial charge in [0.1, 0.15) is 0 Å². The van der Waals surface area contributed by atoms with Crippen LogP contribution in [-0.2, 0) is 0 Å². The zero-order valence-corrected chi connectivity index (χ0v) is 11.5. The van der Waals surface area contributed by atoms with Crippen LogP contribution in [-0.4, -0.2) is 57.1 Å². The van der Waals surface area contributed by atoms with Crippen molar-refractivity contribution < 1.29 is 15.0 Å². The molecule has 0 aliphatic carbocycles. The van der Waals surface area contributed by atoms with Crippen LogP contribution in [0.15, 0.2) is 36.5 Å². The van der Waals surface area contributed by atoms with Gasteiger partial charge in [-0.05, 0) is 18.2 Å². The van der Waals surface area contributed by atoms with E-state index in [1.165, 1.54) is 9.58 Å². The van der Waals surface area contributed by atoms with Gasteiger partial charge in [0.05, 0.1) is 24.6 Å². The van der Waals surface area contributed by atoms with Gasteiger partial charge < -0.3 is 20.8 Å². The largest absolute Gasteiger partial charge is 0.397 e. The first-order valence-electron chi connectivity index (χ1n) is 6.59. The number of nitrogens with zero attached hydrogens (tertiary/aromatic N) is 3. The van der Waals surface area contributed by atoms with Crippen LogP contribution in [0.25, 0.3) is 5.69 Å². The average molecular weight is 290 g/mol. The quantitative estimate of drug-likeness (QED) is 0.643. The molecule has 1 heterocycles. The van der Waals surface area contributed by atoms with E-state index in [1.807, 2.05) is 12.1 Å². The van der Waals surface area contributed by atoms with Gasteiger partial charge in [-0.15, -0.1) is 0 Å². The van der Waals surface area contributed by atoms with Gasteiger partial charge in [-0.2, -0.15) is 5.10 Å². The number of hydrogen-bond acceptors (Lipinski definition) is 5. The molecule has 2 aromatic rings. The van der Waals surface area contributed by atoms with Gasteiger partial charge in [-0.3, -0.25) is 4.79 Å². The van der Waals surface area contributed by atoms with Gasteiger partial charge in [0.25, 0.3) is 5.91 Å². The van der Waals surface area contributed by atoms with E-state index >= 15 is 0 Å². The lowest BCUT2D eigenvalue weighted by Gasteiger charge is -2.19. The van der Waals surface area contributed by atoms with Gasteiger partial charge in [0.15, 0.2) is 5.69 Å². The van der Waals surface area contributed by atoms with Crippen molar-refractivity contribution >= 4 is 11.6 Å². The summed E-state index contributed by atoms with van der Waals surface area (Å²) < 4.78 is 1.53. The molecule has 0 unspecified atom stereocenters. The van der Waals surface area contributed by atoms with Crippen molar-refractivity contribution in [1.29, 1.82) is 0 Å². The molecule has 0 saturated carbocycles. The molecule has 7 heteroatoms. The number of nitrogens with two attached hydrogens (primary N) is 1. The minimum absolute atomic E-state index is 0.153. The number of rotatable bonds is 6. The Hall–Kier alpha value is -2.38. The number of carbonyl (C=O) groups excluding carboxylic acids is 1. The number of benzene rings is 1. The molecule has 0 atom stereocenters. The van der Waals surface area contributed by atoms with E-state index in [0.29, 0.717) is 11.4 Å². The number of amides is 1. The summed E-state index contributed by atoms with van der Waals surface area (Å²) in [5.41, 5.74) is 7.35. The standard InChI is InChI=1S/C14H18N4O3/c15-11-3-1-2-4-13(11)18-6-5-12(16-18)14(21)17(7-9-19)8-10-20/h1-6,19-20H,7-10,15H2. The molecule has 0 aliphatic rings. The second-order valence-corrected chi connectivity index (χ2v) is 4.44. The monoisotopic (exact) mass is 290 g/mol. The highest BCUT2D eigenvalue weighted by Crippen LogP contribution is 2.16. The Labute approximate surface area is 122 Å². The summed E-state index contributed by atoms with van der Waals surface area (Å²) in [4.78, 5) is 13.6. The van der Waals surface area contributed by atoms with Crippen molar-refractivity contribution in [2.24, 2.45) is 0 Å². The third kappa shape index (κ3) is 3.39. The van der Waals surface area contributed by atoms with Crippen molar-refractivity contribution in [3.05, 3.63) is 42.2 Å². The highest BCUT2D eigenvalue weighted by molar-refractivity contribution is 5.92. The predicted octanol–water partition coefficient (Wildman–Crippen LogP) is -0.119. The Kier molecular flexibility index (Phi) is 4.91. The number of anilines is 1. The van der Waals surface area contributed by atoms with E-state index in [1.54, 1.807) is 24.4 Å². The molecule has 0 aliphatic heterocycles. The number of carbonyl (C=O) groups is 1. The zero-order valence-electron chi connectivity index (χ0n) is 11.5. The van der Waals surface area contributed by atoms with Crippen molar-refractivity contribution in [3.8, 4) is 5.69 Å². The maximum Gasteiger partial charge on any atom is 0.274 e. The molecule has 4 N–H and O–H groups in total. The van der Waals surface area contributed by atoms with E-state index in [0.717, 1.165) is 0 Å². The smallest absolute Gasteiger partial charge is 0.274 e. The Morgan fingerprint density at radius 2 is 1.86 bits per heavy atom. The Morgan fingerprint density at radius 3 is 2.48 bits per heavy atom. The second-order valence-electron chi connectivity index (χ2n) is 4.44. The summed E-state index contributed by atoms with van der Waals surface area (Å²) in [5.74, 6) is -0.341. The number of aliphatic hydroxyl groups is 2. The minimum Gasteiger partial charge on any atom is -0.397 e. The van der Waals surface area contributed by atoms with Gasteiger partial charge in [-0.1, -0.05) is 12.1 Å². The highest BCUT2D eigenvalue weighted by Gasteiger charge is 2.18.